The van der Waals surface area contributed by atoms with E-state index in [0.29, 0.717) is 0 Å². The highest BCUT2D eigenvalue weighted by atomic mass is 14.1. The van der Waals surface area contributed by atoms with Crippen LogP contribution >= 0.6 is 0 Å². The standard InChI is InChI=1S/C6H9B/c1-5-2-3-6(7)4-5/h4-5H,2-3H2,1H3. The van der Waals surface area contributed by atoms with Crippen LogP contribution in [0.2, 0.25) is 0 Å². The first-order chi connectivity index (χ1) is 3.29. The Balaban J connectivity index is 2.50. The van der Waals surface area contributed by atoms with Crippen LogP contribution in [-0.2, 0) is 0 Å². The van der Waals surface area contributed by atoms with Crippen molar-refractivity contribution < 1.29 is 0 Å². The van der Waals surface area contributed by atoms with Crippen LogP contribution in [0.4, 0.5) is 0 Å². The van der Waals surface area contributed by atoms with Crippen LogP contribution in [0.15, 0.2) is 11.5 Å². The molecule has 0 aromatic carbocycles. The Morgan fingerprint density at radius 3 is 2.71 bits per heavy atom. The van der Waals surface area contributed by atoms with Gasteiger partial charge in [-0.15, -0.1) is 5.47 Å². The van der Waals surface area contributed by atoms with Crippen molar-refractivity contribution >= 4 is 7.85 Å². The van der Waals surface area contributed by atoms with Gasteiger partial charge in [-0.25, -0.2) is 0 Å². The van der Waals surface area contributed by atoms with Crippen molar-refractivity contribution in [3.05, 3.63) is 11.5 Å². The molecule has 0 saturated heterocycles. The third-order valence-corrected chi connectivity index (χ3v) is 1.39. The van der Waals surface area contributed by atoms with Crippen molar-refractivity contribution in [1.82, 2.24) is 0 Å². The molecule has 1 aliphatic carbocycles. The lowest BCUT2D eigenvalue weighted by atomic mass is 9.96. The summed E-state index contributed by atoms with van der Waals surface area (Å²) in [5.41, 5.74) is 1.08. The Morgan fingerprint density at radius 1 is 1.86 bits per heavy atom. The predicted octanol–water partition coefficient (Wildman–Crippen LogP) is 1.47. The minimum atomic E-state index is 0.736. The number of rotatable bonds is 0. The number of allylic oxidation sites excluding steroid dienone is 2. The molecular formula is C6H9B. The van der Waals surface area contributed by atoms with Crippen LogP contribution < -0.4 is 0 Å². The second kappa shape index (κ2) is 1.73. The topological polar surface area (TPSA) is 0 Å². The van der Waals surface area contributed by atoms with Gasteiger partial charge in [-0.2, -0.15) is 0 Å². The predicted molar refractivity (Wildman–Crippen MR) is 32.2 cm³/mol. The second-order valence-corrected chi connectivity index (χ2v) is 2.26. The molecule has 1 aliphatic rings. The summed E-state index contributed by atoms with van der Waals surface area (Å²) in [6.45, 7) is 2.19. The first-order valence-electron chi connectivity index (χ1n) is 2.75. The van der Waals surface area contributed by atoms with Crippen LogP contribution in [0.5, 0.6) is 0 Å². The summed E-state index contributed by atoms with van der Waals surface area (Å²) in [7, 11) is 5.49. The summed E-state index contributed by atoms with van der Waals surface area (Å²) >= 11 is 0. The molecule has 0 fully saturated rings. The molecule has 36 valence electrons. The Morgan fingerprint density at radius 2 is 2.57 bits per heavy atom. The van der Waals surface area contributed by atoms with Crippen molar-refractivity contribution in [2.24, 2.45) is 5.92 Å². The van der Waals surface area contributed by atoms with Gasteiger partial charge < -0.3 is 0 Å². The molecular weight excluding hydrogens is 82.9 g/mol. The van der Waals surface area contributed by atoms with E-state index < -0.39 is 0 Å². The minimum Gasteiger partial charge on any atom is -0.121 e. The smallest absolute Gasteiger partial charge is 0.107 e. The Labute approximate surface area is 46.0 Å². The van der Waals surface area contributed by atoms with Crippen molar-refractivity contribution in [2.45, 2.75) is 19.8 Å². The van der Waals surface area contributed by atoms with Gasteiger partial charge in [-0.05, 0) is 18.8 Å². The molecule has 1 heteroatoms. The highest BCUT2D eigenvalue weighted by Gasteiger charge is 2.05. The van der Waals surface area contributed by atoms with Gasteiger partial charge in [-0.1, -0.05) is 13.0 Å². The quantitative estimate of drug-likeness (QED) is 0.397. The van der Waals surface area contributed by atoms with E-state index in [0.717, 1.165) is 17.8 Å². The van der Waals surface area contributed by atoms with E-state index in [1.807, 2.05) is 0 Å². The molecule has 0 nitrogen and oxygen atoms in total. The van der Waals surface area contributed by atoms with E-state index in [1.54, 1.807) is 0 Å². The maximum absolute atomic E-state index is 5.49. The lowest BCUT2D eigenvalue weighted by Gasteiger charge is -1.89. The monoisotopic (exact) mass is 92.1 g/mol. The van der Waals surface area contributed by atoms with Gasteiger partial charge in [0.1, 0.15) is 7.85 Å². The van der Waals surface area contributed by atoms with Crippen molar-refractivity contribution in [1.29, 1.82) is 0 Å². The van der Waals surface area contributed by atoms with Crippen LogP contribution in [0.1, 0.15) is 19.8 Å². The van der Waals surface area contributed by atoms with Crippen molar-refractivity contribution in [2.75, 3.05) is 0 Å². The highest BCUT2D eigenvalue weighted by molar-refractivity contribution is 6.21. The van der Waals surface area contributed by atoms with E-state index in [1.165, 1.54) is 6.42 Å². The van der Waals surface area contributed by atoms with E-state index in [2.05, 4.69) is 13.0 Å². The van der Waals surface area contributed by atoms with Gasteiger partial charge >= 0.3 is 0 Å². The fourth-order valence-corrected chi connectivity index (χ4v) is 0.926. The molecule has 1 unspecified atom stereocenters. The lowest BCUT2D eigenvalue weighted by Crippen LogP contribution is -1.76. The zero-order chi connectivity index (χ0) is 5.28. The molecule has 0 aliphatic heterocycles. The van der Waals surface area contributed by atoms with E-state index in [-0.39, 0.29) is 0 Å². The van der Waals surface area contributed by atoms with Gasteiger partial charge in [0.25, 0.3) is 0 Å². The highest BCUT2D eigenvalue weighted by Crippen LogP contribution is 2.20. The summed E-state index contributed by atoms with van der Waals surface area (Å²) in [4.78, 5) is 0. The molecule has 1 rings (SSSR count). The molecule has 0 amide bonds. The first-order valence-corrected chi connectivity index (χ1v) is 2.75. The molecule has 0 aromatic rings. The SMILES string of the molecule is [B]C1=CC(C)CC1. The first kappa shape index (κ1) is 4.95. The molecule has 0 aromatic heterocycles. The van der Waals surface area contributed by atoms with Crippen molar-refractivity contribution in [3.63, 3.8) is 0 Å². The molecule has 0 heterocycles. The summed E-state index contributed by atoms with van der Waals surface area (Å²) in [6, 6.07) is 0. The zero-order valence-corrected chi connectivity index (χ0v) is 4.65. The molecule has 0 N–H and O–H groups in total. The number of hydrogen-bond acceptors (Lipinski definition) is 0. The fraction of sp³-hybridized carbons (Fsp3) is 0.667. The van der Waals surface area contributed by atoms with Crippen LogP contribution in [-0.4, -0.2) is 7.85 Å². The minimum absolute atomic E-state index is 0.736. The average Bonchev–Trinajstić information content (AvgIpc) is 1.87. The van der Waals surface area contributed by atoms with Crippen LogP contribution in [0.25, 0.3) is 0 Å². The maximum atomic E-state index is 5.49. The molecule has 7 heavy (non-hydrogen) atoms. The van der Waals surface area contributed by atoms with Crippen molar-refractivity contribution in [3.8, 4) is 0 Å². The summed E-state index contributed by atoms with van der Waals surface area (Å²) in [5, 5.41) is 0. The Hall–Kier alpha value is -0.195. The normalized spacial score (nSPS) is 30.4. The van der Waals surface area contributed by atoms with Gasteiger partial charge in [-0.3, -0.25) is 0 Å². The lowest BCUT2D eigenvalue weighted by molar-refractivity contribution is 0.700. The molecule has 0 saturated carbocycles. The largest absolute Gasteiger partial charge is 0.121 e. The van der Waals surface area contributed by atoms with E-state index in [9.17, 15) is 0 Å². The molecule has 1 atom stereocenters. The third kappa shape index (κ3) is 1.08. The summed E-state index contributed by atoms with van der Waals surface area (Å²) in [5.74, 6) is 0.736. The fourth-order valence-electron chi connectivity index (χ4n) is 0.926. The van der Waals surface area contributed by atoms with Crippen LogP contribution in [0, 0.1) is 5.92 Å². The van der Waals surface area contributed by atoms with Crippen LogP contribution in [0.3, 0.4) is 0 Å². The zero-order valence-electron chi connectivity index (χ0n) is 4.65. The summed E-state index contributed by atoms with van der Waals surface area (Å²) in [6.07, 6.45) is 4.51. The Bertz CT molecular complexity index is 94.4. The maximum Gasteiger partial charge on any atom is 0.107 e. The number of hydrogen-bond donors (Lipinski definition) is 0. The van der Waals surface area contributed by atoms with Gasteiger partial charge in [0.2, 0.25) is 0 Å². The molecule has 0 spiro atoms. The van der Waals surface area contributed by atoms with E-state index >= 15 is 0 Å². The third-order valence-electron chi connectivity index (χ3n) is 1.39. The van der Waals surface area contributed by atoms with E-state index in [4.69, 9.17) is 7.85 Å². The van der Waals surface area contributed by atoms with Gasteiger partial charge in [0.15, 0.2) is 0 Å². The summed E-state index contributed by atoms with van der Waals surface area (Å²) < 4.78 is 0. The molecule has 2 radical (unpaired) electrons. The molecule has 0 bridgehead atoms. The van der Waals surface area contributed by atoms with Gasteiger partial charge in [0, 0.05) is 0 Å². The average molecular weight is 92.0 g/mol. The second-order valence-electron chi connectivity index (χ2n) is 2.26. The Kier molecular flexibility index (Phi) is 1.22. The van der Waals surface area contributed by atoms with Gasteiger partial charge in [0.05, 0.1) is 0 Å².